The summed E-state index contributed by atoms with van der Waals surface area (Å²) in [7, 11) is 0. The van der Waals surface area contributed by atoms with Gasteiger partial charge in [0.05, 0.1) is 5.69 Å². The first kappa shape index (κ1) is 9.49. The maximum absolute atomic E-state index is 5.88. The molecule has 1 aromatic carbocycles. The summed E-state index contributed by atoms with van der Waals surface area (Å²) in [4.78, 5) is 2.95. The van der Waals surface area contributed by atoms with Crippen molar-refractivity contribution in [2.75, 3.05) is 0 Å². The van der Waals surface area contributed by atoms with E-state index in [0.717, 1.165) is 16.3 Å². The Hall–Kier alpha value is -1.06. The van der Waals surface area contributed by atoms with Gasteiger partial charge in [0.2, 0.25) is 0 Å². The lowest BCUT2D eigenvalue weighted by Gasteiger charge is -2.06. The number of aryl methyl sites for hydroxylation is 1. The first-order valence-corrected chi connectivity index (χ1v) is 4.99. The average Bonchev–Trinajstić information content (AvgIpc) is 2.52. The number of benzene rings is 1. The zero-order chi connectivity index (χ0) is 10.1. The molecule has 2 aromatic rings. The van der Waals surface area contributed by atoms with Crippen LogP contribution in [0.1, 0.15) is 5.56 Å². The quantitative estimate of drug-likeness (QED) is 0.736. The van der Waals surface area contributed by atoms with Crippen LogP contribution in [0.2, 0.25) is 5.02 Å². The van der Waals surface area contributed by atoms with Gasteiger partial charge >= 0.3 is 0 Å². The lowest BCUT2D eigenvalue weighted by Crippen LogP contribution is -1.94. The van der Waals surface area contributed by atoms with Crippen molar-refractivity contribution >= 4 is 23.8 Å². The predicted octanol–water partition coefficient (Wildman–Crippen LogP) is 3.50. The number of hydrogen-bond donors (Lipinski definition) is 1. The van der Waals surface area contributed by atoms with Crippen molar-refractivity contribution in [2.24, 2.45) is 0 Å². The summed E-state index contributed by atoms with van der Waals surface area (Å²) in [6.45, 7) is 2.01. The third-order valence-corrected chi connectivity index (χ3v) is 2.62. The monoisotopic (exact) mass is 224 g/mol. The van der Waals surface area contributed by atoms with Crippen LogP contribution in [0.3, 0.4) is 0 Å². The van der Waals surface area contributed by atoms with Gasteiger partial charge < -0.3 is 4.98 Å². The topological polar surface area (TPSA) is 20.7 Å². The Labute approximate surface area is 92.2 Å². The van der Waals surface area contributed by atoms with Crippen LogP contribution in [0.4, 0.5) is 0 Å². The summed E-state index contributed by atoms with van der Waals surface area (Å²) in [5, 5.41) is 0.744. The molecular weight excluding hydrogens is 216 g/mol. The van der Waals surface area contributed by atoms with Crippen LogP contribution >= 0.6 is 23.8 Å². The van der Waals surface area contributed by atoms with Gasteiger partial charge in [-0.15, -0.1) is 0 Å². The number of H-pyrrole nitrogens is 1. The summed E-state index contributed by atoms with van der Waals surface area (Å²) >= 11 is 11.0. The molecule has 0 saturated heterocycles. The Morgan fingerprint density at radius 2 is 2.21 bits per heavy atom. The summed E-state index contributed by atoms with van der Waals surface area (Å²) < 4.78 is 2.61. The van der Waals surface area contributed by atoms with E-state index < -0.39 is 0 Å². The predicted molar refractivity (Wildman–Crippen MR) is 60.7 cm³/mol. The van der Waals surface area contributed by atoms with Gasteiger partial charge in [-0.25, -0.2) is 0 Å². The van der Waals surface area contributed by atoms with E-state index in [0.29, 0.717) is 4.77 Å². The van der Waals surface area contributed by atoms with Crippen molar-refractivity contribution in [3.8, 4) is 5.69 Å². The Morgan fingerprint density at radius 3 is 2.79 bits per heavy atom. The van der Waals surface area contributed by atoms with Gasteiger partial charge in [0.15, 0.2) is 4.77 Å². The Morgan fingerprint density at radius 1 is 1.43 bits per heavy atom. The molecule has 0 fully saturated rings. The molecule has 0 unspecified atom stereocenters. The molecule has 1 N–H and O–H groups in total. The maximum atomic E-state index is 5.88. The lowest BCUT2D eigenvalue weighted by atomic mass is 10.2. The third-order valence-electron chi connectivity index (χ3n) is 2.07. The largest absolute Gasteiger partial charge is 0.337 e. The van der Waals surface area contributed by atoms with E-state index in [1.165, 1.54) is 0 Å². The van der Waals surface area contributed by atoms with Crippen LogP contribution in [0.5, 0.6) is 0 Å². The molecule has 0 radical (unpaired) electrons. The third kappa shape index (κ3) is 1.61. The second-order valence-corrected chi connectivity index (χ2v) is 3.89. The Balaban J connectivity index is 2.63. The first-order chi connectivity index (χ1) is 6.68. The van der Waals surface area contributed by atoms with Gasteiger partial charge in [-0.2, -0.15) is 0 Å². The van der Waals surface area contributed by atoms with E-state index >= 15 is 0 Å². The van der Waals surface area contributed by atoms with Crippen LogP contribution in [0.15, 0.2) is 30.6 Å². The van der Waals surface area contributed by atoms with Crippen molar-refractivity contribution < 1.29 is 0 Å². The molecular formula is C10H9ClN2S. The fourth-order valence-corrected chi connectivity index (χ4v) is 1.85. The van der Waals surface area contributed by atoms with Crippen molar-refractivity contribution in [2.45, 2.75) is 6.92 Å². The van der Waals surface area contributed by atoms with Crippen LogP contribution in [0, 0.1) is 11.7 Å². The number of aromatic amines is 1. The molecule has 2 nitrogen and oxygen atoms in total. The molecule has 0 aliphatic carbocycles. The summed E-state index contributed by atoms with van der Waals surface area (Å²) in [5.74, 6) is 0. The molecule has 0 aliphatic rings. The number of hydrogen-bond acceptors (Lipinski definition) is 1. The molecule has 0 saturated carbocycles. The fourth-order valence-electron chi connectivity index (χ4n) is 1.40. The van der Waals surface area contributed by atoms with Crippen molar-refractivity contribution in [1.82, 2.24) is 9.55 Å². The van der Waals surface area contributed by atoms with E-state index in [1.54, 1.807) is 0 Å². The molecule has 0 amide bonds. The molecule has 4 heteroatoms. The highest BCUT2D eigenvalue weighted by molar-refractivity contribution is 7.71. The average molecular weight is 225 g/mol. The van der Waals surface area contributed by atoms with Gasteiger partial charge in [0, 0.05) is 17.4 Å². The summed E-state index contributed by atoms with van der Waals surface area (Å²) in [5.41, 5.74) is 2.16. The minimum atomic E-state index is 0.690. The van der Waals surface area contributed by atoms with E-state index in [-0.39, 0.29) is 0 Å². The van der Waals surface area contributed by atoms with Crippen LogP contribution in [-0.2, 0) is 0 Å². The zero-order valence-corrected chi connectivity index (χ0v) is 9.19. The smallest absolute Gasteiger partial charge is 0.181 e. The highest BCUT2D eigenvalue weighted by Gasteiger charge is 2.01. The van der Waals surface area contributed by atoms with Crippen molar-refractivity contribution in [3.05, 3.63) is 45.9 Å². The van der Waals surface area contributed by atoms with Gasteiger partial charge in [0.25, 0.3) is 0 Å². The Bertz CT molecular complexity index is 513. The molecule has 2 rings (SSSR count). The van der Waals surface area contributed by atoms with E-state index in [9.17, 15) is 0 Å². The number of nitrogens with zero attached hydrogens (tertiary/aromatic N) is 1. The number of imidazole rings is 1. The van der Waals surface area contributed by atoms with Crippen LogP contribution in [0.25, 0.3) is 5.69 Å². The number of halogens is 1. The summed E-state index contributed by atoms with van der Waals surface area (Å²) in [6, 6.07) is 5.74. The molecule has 0 bridgehead atoms. The minimum absolute atomic E-state index is 0.690. The first-order valence-electron chi connectivity index (χ1n) is 4.21. The number of rotatable bonds is 1. The molecule has 14 heavy (non-hydrogen) atoms. The van der Waals surface area contributed by atoms with E-state index in [2.05, 4.69) is 4.98 Å². The van der Waals surface area contributed by atoms with Crippen LogP contribution < -0.4 is 0 Å². The van der Waals surface area contributed by atoms with Crippen LogP contribution in [-0.4, -0.2) is 9.55 Å². The minimum Gasteiger partial charge on any atom is -0.337 e. The molecule has 0 aliphatic heterocycles. The molecule has 1 heterocycles. The molecule has 0 spiro atoms. The molecule has 0 atom stereocenters. The second-order valence-electron chi connectivity index (χ2n) is 3.07. The van der Waals surface area contributed by atoms with E-state index in [4.69, 9.17) is 23.8 Å². The fraction of sp³-hybridized carbons (Fsp3) is 0.100. The Kier molecular flexibility index (Phi) is 2.44. The van der Waals surface area contributed by atoms with Crippen molar-refractivity contribution in [1.29, 1.82) is 0 Å². The van der Waals surface area contributed by atoms with Gasteiger partial charge in [0.1, 0.15) is 0 Å². The van der Waals surface area contributed by atoms with E-state index in [1.807, 2.05) is 42.1 Å². The standard InChI is InChI=1S/C10H9ClN2S/c1-7-6-8(11)2-3-9(7)13-5-4-12-10(13)14/h2-6H,1H3,(H,12,14). The summed E-state index contributed by atoms with van der Waals surface area (Å²) in [6.07, 6.45) is 3.72. The highest BCUT2D eigenvalue weighted by atomic mass is 35.5. The van der Waals surface area contributed by atoms with Crippen molar-refractivity contribution in [3.63, 3.8) is 0 Å². The lowest BCUT2D eigenvalue weighted by molar-refractivity contribution is 1.02. The number of nitrogens with one attached hydrogen (secondary N) is 1. The molecule has 72 valence electrons. The number of aromatic nitrogens is 2. The normalized spacial score (nSPS) is 10.4. The molecule has 1 aromatic heterocycles. The van der Waals surface area contributed by atoms with Gasteiger partial charge in [-0.05, 0) is 42.9 Å². The van der Waals surface area contributed by atoms with Gasteiger partial charge in [-0.3, -0.25) is 4.57 Å². The highest BCUT2D eigenvalue weighted by Crippen LogP contribution is 2.18. The second kappa shape index (κ2) is 3.59. The SMILES string of the molecule is Cc1cc(Cl)ccc1-n1cc[nH]c1=S. The maximum Gasteiger partial charge on any atom is 0.181 e. The van der Waals surface area contributed by atoms with Gasteiger partial charge in [-0.1, -0.05) is 11.6 Å². The zero-order valence-electron chi connectivity index (χ0n) is 7.62.